The third-order valence-corrected chi connectivity index (χ3v) is 6.30. The van der Waals surface area contributed by atoms with Crippen molar-refractivity contribution in [2.75, 3.05) is 11.9 Å². The molecule has 5 rings (SSSR count). The minimum absolute atomic E-state index is 0.282. The molecule has 0 atom stereocenters. The number of nitriles is 1. The van der Waals surface area contributed by atoms with Crippen LogP contribution in [0.2, 0.25) is 0 Å². The van der Waals surface area contributed by atoms with Crippen LogP contribution in [0.3, 0.4) is 0 Å². The molecule has 1 fully saturated rings. The van der Waals surface area contributed by atoms with Crippen LogP contribution in [0, 0.1) is 17.1 Å². The first-order valence-corrected chi connectivity index (χ1v) is 10.8. The molecule has 3 aromatic rings. The standard InChI is InChI=1S/C23H20FN5S/c24-17-3-1-2-16(12-17)22-27-21-10-11-29(30-19-8-4-15(13-25)5-9-19)14-20(21)23(28-22)26-18-6-7-18/h1-5,8-9,12,18H,6-7,10-11,14H2,(H,26,27,28). The molecule has 0 amide bonds. The molecule has 1 aliphatic carbocycles. The molecule has 1 aromatic heterocycles. The fraction of sp³-hybridized carbons (Fsp3) is 0.261. The number of rotatable bonds is 5. The number of nitrogens with one attached hydrogen (secondary N) is 1. The monoisotopic (exact) mass is 417 g/mol. The van der Waals surface area contributed by atoms with Crippen LogP contribution in [0.25, 0.3) is 11.4 Å². The van der Waals surface area contributed by atoms with Crippen molar-refractivity contribution in [3.8, 4) is 17.5 Å². The summed E-state index contributed by atoms with van der Waals surface area (Å²) in [6.07, 6.45) is 3.11. The average Bonchev–Trinajstić information content (AvgIpc) is 3.58. The van der Waals surface area contributed by atoms with Gasteiger partial charge in [0.1, 0.15) is 11.6 Å². The maximum atomic E-state index is 13.7. The van der Waals surface area contributed by atoms with E-state index in [4.69, 9.17) is 15.2 Å². The molecule has 0 saturated heterocycles. The Hall–Kier alpha value is -2.95. The molecule has 2 aliphatic rings. The highest BCUT2D eigenvalue weighted by Crippen LogP contribution is 2.35. The number of benzene rings is 2. The first-order valence-electron chi connectivity index (χ1n) is 10.0. The number of nitrogens with zero attached hydrogens (tertiary/aromatic N) is 4. The number of hydrogen-bond donors (Lipinski definition) is 1. The first-order chi connectivity index (χ1) is 14.7. The van der Waals surface area contributed by atoms with Gasteiger partial charge in [-0.15, -0.1) is 0 Å². The predicted octanol–water partition coefficient (Wildman–Crippen LogP) is 4.79. The van der Waals surface area contributed by atoms with E-state index >= 15 is 0 Å². The minimum atomic E-state index is -0.282. The van der Waals surface area contributed by atoms with E-state index in [0.29, 0.717) is 23.0 Å². The Morgan fingerprint density at radius 3 is 2.70 bits per heavy atom. The molecule has 5 nitrogen and oxygen atoms in total. The van der Waals surface area contributed by atoms with E-state index in [1.54, 1.807) is 18.0 Å². The second-order valence-electron chi connectivity index (χ2n) is 7.59. The van der Waals surface area contributed by atoms with Gasteiger partial charge < -0.3 is 5.32 Å². The summed E-state index contributed by atoms with van der Waals surface area (Å²) in [7, 11) is 0. The van der Waals surface area contributed by atoms with Crippen LogP contribution in [0.1, 0.15) is 29.7 Å². The van der Waals surface area contributed by atoms with Gasteiger partial charge in [-0.25, -0.2) is 18.7 Å². The topological polar surface area (TPSA) is 64.8 Å². The molecule has 0 unspecified atom stereocenters. The van der Waals surface area contributed by atoms with Crippen molar-refractivity contribution >= 4 is 17.8 Å². The summed E-state index contributed by atoms with van der Waals surface area (Å²) in [5.41, 5.74) is 3.52. The number of hydrogen-bond acceptors (Lipinski definition) is 6. The summed E-state index contributed by atoms with van der Waals surface area (Å²) in [5, 5.41) is 12.5. The van der Waals surface area contributed by atoms with E-state index in [2.05, 4.69) is 15.7 Å². The van der Waals surface area contributed by atoms with Gasteiger partial charge in [-0.3, -0.25) is 0 Å². The second-order valence-corrected chi connectivity index (χ2v) is 8.76. The van der Waals surface area contributed by atoms with Crippen molar-refractivity contribution in [1.82, 2.24) is 14.3 Å². The highest BCUT2D eigenvalue weighted by Gasteiger charge is 2.28. The highest BCUT2D eigenvalue weighted by molar-refractivity contribution is 7.97. The van der Waals surface area contributed by atoms with Gasteiger partial charge in [0.2, 0.25) is 0 Å². The van der Waals surface area contributed by atoms with E-state index in [0.717, 1.165) is 54.3 Å². The molecule has 1 N–H and O–H groups in total. The predicted molar refractivity (Wildman–Crippen MR) is 115 cm³/mol. The van der Waals surface area contributed by atoms with Crippen LogP contribution in [-0.4, -0.2) is 26.9 Å². The van der Waals surface area contributed by atoms with Gasteiger partial charge in [0.15, 0.2) is 5.82 Å². The normalized spacial score (nSPS) is 16.0. The Labute approximate surface area is 179 Å². The Bertz CT molecular complexity index is 1120. The second kappa shape index (κ2) is 8.05. The van der Waals surface area contributed by atoms with Crippen LogP contribution in [-0.2, 0) is 13.0 Å². The van der Waals surface area contributed by atoms with Gasteiger partial charge in [-0.2, -0.15) is 5.26 Å². The Morgan fingerprint density at radius 2 is 1.97 bits per heavy atom. The van der Waals surface area contributed by atoms with Crippen molar-refractivity contribution in [2.45, 2.75) is 36.7 Å². The van der Waals surface area contributed by atoms with Crippen LogP contribution >= 0.6 is 11.9 Å². The van der Waals surface area contributed by atoms with Gasteiger partial charge in [-0.05, 0) is 61.2 Å². The number of aromatic nitrogens is 2. The van der Waals surface area contributed by atoms with Crippen molar-refractivity contribution in [3.63, 3.8) is 0 Å². The van der Waals surface area contributed by atoms with Gasteiger partial charge >= 0.3 is 0 Å². The summed E-state index contributed by atoms with van der Waals surface area (Å²) in [5.74, 6) is 1.16. The number of halogens is 1. The summed E-state index contributed by atoms with van der Waals surface area (Å²) in [6, 6.07) is 16.7. The minimum Gasteiger partial charge on any atom is -0.367 e. The van der Waals surface area contributed by atoms with Crippen LogP contribution in [0.4, 0.5) is 10.2 Å². The number of anilines is 1. The summed E-state index contributed by atoms with van der Waals surface area (Å²) >= 11 is 1.68. The molecule has 0 spiro atoms. The maximum Gasteiger partial charge on any atom is 0.161 e. The fourth-order valence-corrected chi connectivity index (χ4v) is 4.44. The molecular weight excluding hydrogens is 397 g/mol. The molecule has 7 heteroatoms. The van der Waals surface area contributed by atoms with Gasteiger partial charge in [0, 0.05) is 41.6 Å². The highest BCUT2D eigenvalue weighted by atomic mass is 32.2. The van der Waals surface area contributed by atoms with E-state index in [-0.39, 0.29) is 5.82 Å². The molecule has 2 heterocycles. The molecule has 0 radical (unpaired) electrons. The lowest BCUT2D eigenvalue weighted by Gasteiger charge is -2.28. The smallest absolute Gasteiger partial charge is 0.161 e. The van der Waals surface area contributed by atoms with E-state index in [1.165, 1.54) is 12.1 Å². The van der Waals surface area contributed by atoms with Crippen molar-refractivity contribution in [2.24, 2.45) is 0 Å². The van der Waals surface area contributed by atoms with Gasteiger partial charge in [-0.1, -0.05) is 12.1 Å². The Balaban J connectivity index is 1.43. The van der Waals surface area contributed by atoms with E-state index in [1.807, 2.05) is 30.3 Å². The lowest BCUT2D eigenvalue weighted by atomic mass is 10.1. The number of fused-ring (bicyclic) bond motifs is 1. The van der Waals surface area contributed by atoms with Crippen molar-refractivity contribution in [1.29, 1.82) is 5.26 Å². The summed E-state index contributed by atoms with van der Waals surface area (Å²) in [6.45, 7) is 1.60. The third-order valence-electron chi connectivity index (χ3n) is 5.24. The van der Waals surface area contributed by atoms with Crippen molar-refractivity contribution in [3.05, 3.63) is 71.2 Å². The molecule has 2 aromatic carbocycles. The molecule has 0 bridgehead atoms. The molecule has 150 valence electrons. The molecule has 1 saturated carbocycles. The fourth-order valence-electron chi connectivity index (χ4n) is 3.50. The van der Waals surface area contributed by atoms with E-state index < -0.39 is 0 Å². The zero-order valence-corrected chi connectivity index (χ0v) is 17.1. The maximum absolute atomic E-state index is 13.7. The third kappa shape index (κ3) is 4.16. The molecular formula is C23H20FN5S. The quantitative estimate of drug-likeness (QED) is 0.602. The van der Waals surface area contributed by atoms with Gasteiger partial charge in [0.05, 0.1) is 17.3 Å². The Morgan fingerprint density at radius 1 is 1.13 bits per heavy atom. The van der Waals surface area contributed by atoms with Crippen molar-refractivity contribution < 1.29 is 4.39 Å². The summed E-state index contributed by atoms with van der Waals surface area (Å²) < 4.78 is 16.0. The summed E-state index contributed by atoms with van der Waals surface area (Å²) in [4.78, 5) is 10.7. The SMILES string of the molecule is N#Cc1ccc(SN2CCc3nc(-c4cccc(F)c4)nc(NC4CC4)c3C2)cc1. The van der Waals surface area contributed by atoms with Crippen LogP contribution in [0.5, 0.6) is 0 Å². The largest absolute Gasteiger partial charge is 0.367 e. The average molecular weight is 418 g/mol. The van der Waals surface area contributed by atoms with Crippen LogP contribution in [0.15, 0.2) is 53.4 Å². The van der Waals surface area contributed by atoms with Crippen LogP contribution < -0.4 is 5.32 Å². The zero-order valence-electron chi connectivity index (χ0n) is 16.3. The lowest BCUT2D eigenvalue weighted by Crippen LogP contribution is -2.27. The van der Waals surface area contributed by atoms with Gasteiger partial charge in [0.25, 0.3) is 0 Å². The first kappa shape index (κ1) is 19.0. The Kier molecular flexibility index (Phi) is 5.11. The van der Waals surface area contributed by atoms with E-state index in [9.17, 15) is 4.39 Å². The lowest BCUT2D eigenvalue weighted by molar-refractivity contribution is 0.438. The molecule has 1 aliphatic heterocycles. The molecule has 30 heavy (non-hydrogen) atoms. The zero-order chi connectivity index (χ0) is 20.5.